The first-order valence-corrected chi connectivity index (χ1v) is 8.91. The summed E-state index contributed by atoms with van der Waals surface area (Å²) in [6.45, 7) is 0.475. The number of nitro groups is 1. The number of thiocarbonyl (C=S) groups is 1. The molecule has 0 aliphatic carbocycles. The Morgan fingerprint density at radius 2 is 1.85 bits per heavy atom. The number of nitro benzene ring substituents is 1. The molecule has 2 aromatic carbocycles. The van der Waals surface area contributed by atoms with Crippen LogP contribution in [0.1, 0.15) is 5.56 Å². The molecule has 0 bridgehead atoms. The van der Waals surface area contributed by atoms with E-state index in [9.17, 15) is 14.5 Å². The topological polar surface area (TPSA) is 85.0 Å². The second-order valence-corrected chi connectivity index (χ2v) is 6.80. The van der Waals surface area contributed by atoms with Gasteiger partial charge in [-0.15, -0.1) is 0 Å². The van der Waals surface area contributed by atoms with E-state index in [1.807, 2.05) is 0 Å². The van der Waals surface area contributed by atoms with Crippen LogP contribution in [0.5, 0.6) is 0 Å². The third-order valence-corrected chi connectivity index (χ3v) is 4.33. The van der Waals surface area contributed by atoms with E-state index >= 15 is 0 Å². The van der Waals surface area contributed by atoms with Crippen LogP contribution in [0, 0.1) is 15.9 Å². The van der Waals surface area contributed by atoms with Gasteiger partial charge < -0.3 is 10.6 Å². The monoisotopic (exact) mass is 449 g/mol. The van der Waals surface area contributed by atoms with Crippen LogP contribution in [0.15, 0.2) is 59.2 Å². The Hall–Kier alpha value is -2.85. The minimum absolute atomic E-state index is 0.00158. The van der Waals surface area contributed by atoms with E-state index in [2.05, 4.69) is 31.7 Å². The van der Waals surface area contributed by atoms with E-state index in [0.717, 1.165) is 5.56 Å². The molecule has 0 unspecified atom stereocenters. The van der Waals surface area contributed by atoms with Crippen molar-refractivity contribution >= 4 is 50.5 Å². The Labute approximate surface area is 167 Å². The van der Waals surface area contributed by atoms with Crippen LogP contribution < -0.4 is 10.6 Å². The molecule has 3 rings (SSSR count). The number of aromatic nitrogens is 2. The Morgan fingerprint density at radius 1 is 1.19 bits per heavy atom. The van der Waals surface area contributed by atoms with Gasteiger partial charge in [0.15, 0.2) is 10.9 Å². The molecule has 1 aromatic heterocycles. The van der Waals surface area contributed by atoms with E-state index in [0.29, 0.717) is 22.5 Å². The lowest BCUT2D eigenvalue weighted by Crippen LogP contribution is -2.19. The van der Waals surface area contributed by atoms with Crippen molar-refractivity contribution in [2.24, 2.45) is 0 Å². The molecule has 0 radical (unpaired) electrons. The summed E-state index contributed by atoms with van der Waals surface area (Å²) < 4.78 is 15.4. The maximum Gasteiger partial charge on any atom is 0.269 e. The summed E-state index contributed by atoms with van der Waals surface area (Å²) in [6, 6.07) is 12.1. The summed E-state index contributed by atoms with van der Waals surface area (Å²) >= 11 is 8.66. The molecule has 10 heteroatoms. The van der Waals surface area contributed by atoms with Gasteiger partial charge in [0.25, 0.3) is 5.69 Å². The molecule has 0 atom stereocenters. The fourth-order valence-electron chi connectivity index (χ4n) is 2.28. The highest BCUT2D eigenvalue weighted by molar-refractivity contribution is 9.10. The molecule has 7 nitrogen and oxygen atoms in total. The van der Waals surface area contributed by atoms with E-state index in [-0.39, 0.29) is 16.6 Å². The second-order valence-electron chi connectivity index (χ2n) is 5.53. The molecule has 0 saturated carbocycles. The zero-order valence-corrected chi connectivity index (χ0v) is 16.1. The van der Waals surface area contributed by atoms with Crippen molar-refractivity contribution in [3.8, 4) is 0 Å². The Kier molecular flexibility index (Phi) is 5.77. The maximum atomic E-state index is 13.0. The smallest absolute Gasteiger partial charge is 0.269 e. The van der Waals surface area contributed by atoms with Gasteiger partial charge >= 0.3 is 0 Å². The van der Waals surface area contributed by atoms with Gasteiger partial charge in [-0.1, -0.05) is 12.1 Å². The summed E-state index contributed by atoms with van der Waals surface area (Å²) in [6.07, 6.45) is 1.78. The van der Waals surface area contributed by atoms with Crippen molar-refractivity contribution in [3.05, 3.63) is 80.7 Å². The van der Waals surface area contributed by atoms with E-state index < -0.39 is 4.92 Å². The summed E-state index contributed by atoms with van der Waals surface area (Å²) in [4.78, 5) is 10.2. The van der Waals surface area contributed by atoms with Crippen molar-refractivity contribution < 1.29 is 9.31 Å². The highest BCUT2D eigenvalue weighted by Gasteiger charge is 2.10. The lowest BCUT2D eigenvalue weighted by atomic mass is 10.2. The number of anilines is 2. The highest BCUT2D eigenvalue weighted by Crippen LogP contribution is 2.22. The van der Waals surface area contributed by atoms with Crippen LogP contribution in [0.4, 0.5) is 21.6 Å². The lowest BCUT2D eigenvalue weighted by Gasteiger charge is -2.08. The van der Waals surface area contributed by atoms with Crippen LogP contribution in [0.2, 0.25) is 0 Å². The van der Waals surface area contributed by atoms with Crippen LogP contribution >= 0.6 is 28.1 Å². The number of nitrogens with zero attached hydrogens (tertiary/aromatic N) is 3. The predicted molar refractivity (Wildman–Crippen MR) is 108 cm³/mol. The summed E-state index contributed by atoms with van der Waals surface area (Å²) in [5.74, 6) is 0.224. The van der Waals surface area contributed by atoms with Crippen molar-refractivity contribution in [2.75, 3.05) is 10.6 Å². The minimum Gasteiger partial charge on any atom is -0.332 e. The number of halogens is 2. The van der Waals surface area contributed by atoms with Gasteiger partial charge in [-0.05, 0) is 58.0 Å². The average Bonchev–Trinajstić information content (AvgIpc) is 2.96. The Morgan fingerprint density at radius 3 is 2.48 bits per heavy atom. The molecule has 0 fully saturated rings. The first-order valence-electron chi connectivity index (χ1n) is 7.70. The van der Waals surface area contributed by atoms with Crippen molar-refractivity contribution in [1.82, 2.24) is 9.78 Å². The average molecular weight is 450 g/mol. The quantitative estimate of drug-likeness (QED) is 0.337. The summed E-state index contributed by atoms with van der Waals surface area (Å²) in [5, 5.41) is 21.3. The molecule has 0 amide bonds. The number of non-ortho nitro benzene ring substituents is 1. The standard InChI is InChI=1S/C17H13BrFN5O2S/c18-15-10-23(9-11-1-3-12(19)4-2-11)22-16(15)21-17(27)20-13-5-7-14(8-6-13)24(25)26/h1-8,10H,9H2,(H2,20,21,22,27). The summed E-state index contributed by atoms with van der Waals surface area (Å²) in [7, 11) is 0. The highest BCUT2D eigenvalue weighted by atomic mass is 79.9. The number of hydrogen-bond donors (Lipinski definition) is 2. The fraction of sp³-hybridized carbons (Fsp3) is 0.0588. The molecular weight excluding hydrogens is 437 g/mol. The number of benzene rings is 2. The van der Waals surface area contributed by atoms with Gasteiger partial charge in [-0.3, -0.25) is 14.8 Å². The summed E-state index contributed by atoms with van der Waals surface area (Å²) in [5.41, 5.74) is 1.52. The minimum atomic E-state index is -0.467. The third kappa shape index (κ3) is 5.08. The van der Waals surface area contributed by atoms with E-state index in [1.165, 1.54) is 24.3 Å². The van der Waals surface area contributed by atoms with Gasteiger partial charge in [-0.2, -0.15) is 5.10 Å². The number of rotatable bonds is 5. The number of nitrogens with one attached hydrogen (secondary N) is 2. The molecule has 0 aliphatic heterocycles. The van der Waals surface area contributed by atoms with Crippen molar-refractivity contribution in [3.63, 3.8) is 0 Å². The lowest BCUT2D eigenvalue weighted by molar-refractivity contribution is -0.384. The second kappa shape index (κ2) is 8.23. The third-order valence-electron chi connectivity index (χ3n) is 3.54. The molecule has 1 heterocycles. The first-order chi connectivity index (χ1) is 12.9. The first kappa shape index (κ1) is 18.9. The zero-order chi connectivity index (χ0) is 19.4. The fourth-order valence-corrected chi connectivity index (χ4v) is 2.91. The van der Waals surface area contributed by atoms with Gasteiger partial charge in [0, 0.05) is 24.0 Å². The molecule has 0 spiro atoms. The Bertz CT molecular complexity index is 976. The molecular formula is C17H13BrFN5O2S. The van der Waals surface area contributed by atoms with Crippen LogP contribution in [0.3, 0.4) is 0 Å². The van der Waals surface area contributed by atoms with Crippen molar-refractivity contribution in [1.29, 1.82) is 0 Å². The molecule has 0 saturated heterocycles. The van der Waals surface area contributed by atoms with Gasteiger partial charge in [0.1, 0.15) is 5.82 Å². The van der Waals surface area contributed by atoms with E-state index in [1.54, 1.807) is 35.1 Å². The van der Waals surface area contributed by atoms with Crippen LogP contribution in [-0.4, -0.2) is 19.8 Å². The van der Waals surface area contributed by atoms with Crippen molar-refractivity contribution in [2.45, 2.75) is 6.54 Å². The molecule has 0 aliphatic rings. The molecule has 3 aromatic rings. The van der Waals surface area contributed by atoms with Gasteiger partial charge in [-0.25, -0.2) is 4.39 Å². The zero-order valence-electron chi connectivity index (χ0n) is 13.7. The maximum absolute atomic E-state index is 13.0. The van der Waals surface area contributed by atoms with E-state index in [4.69, 9.17) is 12.2 Å². The van der Waals surface area contributed by atoms with Gasteiger partial charge in [0.05, 0.1) is 15.9 Å². The molecule has 138 valence electrons. The number of hydrogen-bond acceptors (Lipinski definition) is 4. The molecule has 27 heavy (non-hydrogen) atoms. The van der Waals surface area contributed by atoms with Crippen LogP contribution in [0.25, 0.3) is 0 Å². The molecule has 2 N–H and O–H groups in total. The van der Waals surface area contributed by atoms with Crippen LogP contribution in [-0.2, 0) is 6.54 Å². The van der Waals surface area contributed by atoms with Gasteiger partial charge in [0.2, 0.25) is 0 Å². The Balaban J connectivity index is 1.63. The largest absolute Gasteiger partial charge is 0.332 e. The predicted octanol–water partition coefficient (Wildman–Crippen LogP) is 4.55. The normalized spacial score (nSPS) is 10.4. The SMILES string of the molecule is O=[N+]([O-])c1ccc(NC(=S)Nc2nn(Cc3ccc(F)cc3)cc2Br)cc1.